The predicted molar refractivity (Wildman–Crippen MR) is 110 cm³/mol. The molecule has 0 bridgehead atoms. The Morgan fingerprint density at radius 1 is 1.17 bits per heavy atom. The van der Waals surface area contributed by atoms with Crippen LogP contribution in [0.5, 0.6) is 5.75 Å². The summed E-state index contributed by atoms with van der Waals surface area (Å²) in [5.74, 6) is 0.769. The zero-order valence-corrected chi connectivity index (χ0v) is 16.1. The number of carbonyl (C=O) groups is 1. The summed E-state index contributed by atoms with van der Waals surface area (Å²) in [5.41, 5.74) is 3.38. The van der Waals surface area contributed by atoms with E-state index in [1.54, 1.807) is 7.11 Å². The number of ether oxygens (including phenoxy) is 1. The molecule has 146 valence electrons. The highest BCUT2D eigenvalue weighted by Gasteiger charge is 2.29. The quantitative estimate of drug-likeness (QED) is 0.581. The Hall–Kier alpha value is -3.61. The topological polar surface area (TPSA) is 76.0 Å². The molecule has 1 amide bonds. The van der Waals surface area contributed by atoms with E-state index in [1.807, 2.05) is 70.4 Å². The van der Waals surface area contributed by atoms with E-state index in [0.717, 1.165) is 34.3 Å². The second kappa shape index (κ2) is 7.09. The third-order valence-electron chi connectivity index (χ3n) is 5.46. The first kappa shape index (κ1) is 17.5. The smallest absolute Gasteiger partial charge is 0.270 e. The highest BCUT2D eigenvalue weighted by molar-refractivity contribution is 5.98. The van der Waals surface area contributed by atoms with Crippen molar-refractivity contribution in [3.63, 3.8) is 0 Å². The maximum Gasteiger partial charge on any atom is 0.270 e. The number of nitrogens with one attached hydrogen (secondary N) is 1. The minimum Gasteiger partial charge on any atom is -0.497 e. The normalized spacial score (nSPS) is 16.4. The van der Waals surface area contributed by atoms with Crippen molar-refractivity contribution in [2.75, 3.05) is 20.2 Å². The van der Waals surface area contributed by atoms with Crippen molar-refractivity contribution >= 4 is 16.8 Å². The molecular weight excluding hydrogens is 366 g/mol. The zero-order chi connectivity index (χ0) is 19.8. The lowest BCUT2D eigenvalue weighted by atomic mass is 10.2. The van der Waals surface area contributed by atoms with Crippen molar-refractivity contribution in [2.45, 2.75) is 12.5 Å². The SMILES string of the molecule is COc1ccc2cc(C(=O)N3CCC(n4cc(-c5ccccc5)nn4)C3)[nH]c2c1. The van der Waals surface area contributed by atoms with Crippen LogP contribution in [0.1, 0.15) is 23.0 Å². The van der Waals surface area contributed by atoms with Gasteiger partial charge < -0.3 is 14.6 Å². The second-order valence-electron chi connectivity index (χ2n) is 7.28. The molecule has 1 N–H and O–H groups in total. The van der Waals surface area contributed by atoms with E-state index in [9.17, 15) is 4.79 Å². The van der Waals surface area contributed by atoms with Gasteiger partial charge in [-0.2, -0.15) is 0 Å². The van der Waals surface area contributed by atoms with Crippen LogP contribution in [0.4, 0.5) is 0 Å². The van der Waals surface area contributed by atoms with E-state index >= 15 is 0 Å². The van der Waals surface area contributed by atoms with Gasteiger partial charge in [-0.05, 0) is 24.6 Å². The van der Waals surface area contributed by atoms with Gasteiger partial charge in [-0.3, -0.25) is 4.79 Å². The first-order valence-corrected chi connectivity index (χ1v) is 9.64. The van der Waals surface area contributed by atoms with Gasteiger partial charge in [0.1, 0.15) is 17.1 Å². The molecule has 7 nitrogen and oxygen atoms in total. The number of likely N-dealkylation sites (tertiary alicyclic amines) is 1. The third-order valence-corrected chi connectivity index (χ3v) is 5.46. The van der Waals surface area contributed by atoms with Gasteiger partial charge in [0.25, 0.3) is 5.91 Å². The molecule has 1 fully saturated rings. The summed E-state index contributed by atoms with van der Waals surface area (Å²) in [7, 11) is 1.63. The van der Waals surface area contributed by atoms with Crippen LogP contribution in [0.15, 0.2) is 60.8 Å². The Bertz CT molecular complexity index is 1160. The van der Waals surface area contributed by atoms with E-state index in [4.69, 9.17) is 4.74 Å². The fourth-order valence-corrected chi connectivity index (χ4v) is 3.86. The molecule has 0 aliphatic carbocycles. The van der Waals surface area contributed by atoms with Crippen LogP contribution in [-0.2, 0) is 0 Å². The van der Waals surface area contributed by atoms with E-state index in [1.165, 1.54) is 0 Å². The third kappa shape index (κ3) is 3.24. The number of methoxy groups -OCH3 is 1. The minimum absolute atomic E-state index is 0.00562. The van der Waals surface area contributed by atoms with Crippen LogP contribution in [0.25, 0.3) is 22.2 Å². The number of rotatable bonds is 4. The maximum atomic E-state index is 13.0. The molecule has 0 radical (unpaired) electrons. The summed E-state index contributed by atoms with van der Waals surface area (Å²) in [6.07, 6.45) is 2.82. The monoisotopic (exact) mass is 387 g/mol. The Balaban J connectivity index is 1.32. The van der Waals surface area contributed by atoms with Crippen LogP contribution in [0, 0.1) is 0 Å². The number of hydrogen-bond donors (Lipinski definition) is 1. The molecular formula is C22H21N5O2. The summed E-state index contributed by atoms with van der Waals surface area (Å²) < 4.78 is 7.14. The Kier molecular flexibility index (Phi) is 4.27. The number of aromatic nitrogens is 4. The highest BCUT2D eigenvalue weighted by atomic mass is 16.5. The second-order valence-corrected chi connectivity index (χ2v) is 7.28. The molecule has 1 aliphatic heterocycles. The van der Waals surface area contributed by atoms with Gasteiger partial charge in [-0.15, -0.1) is 5.10 Å². The summed E-state index contributed by atoms with van der Waals surface area (Å²) in [6.45, 7) is 1.32. The van der Waals surface area contributed by atoms with E-state index < -0.39 is 0 Å². The lowest BCUT2D eigenvalue weighted by Gasteiger charge is -2.15. The molecule has 1 saturated heterocycles. The van der Waals surface area contributed by atoms with E-state index in [-0.39, 0.29) is 11.9 Å². The van der Waals surface area contributed by atoms with Gasteiger partial charge in [0.2, 0.25) is 0 Å². The van der Waals surface area contributed by atoms with Gasteiger partial charge >= 0.3 is 0 Å². The summed E-state index contributed by atoms with van der Waals surface area (Å²) in [5, 5.41) is 9.59. The Morgan fingerprint density at radius 3 is 2.86 bits per heavy atom. The van der Waals surface area contributed by atoms with Gasteiger partial charge in [0, 0.05) is 35.6 Å². The number of aromatic amines is 1. The zero-order valence-electron chi connectivity index (χ0n) is 16.1. The van der Waals surface area contributed by atoms with Gasteiger partial charge in [-0.1, -0.05) is 35.5 Å². The largest absolute Gasteiger partial charge is 0.497 e. The number of nitrogens with zero attached hydrogens (tertiary/aromatic N) is 4. The number of amides is 1. The molecule has 2 aromatic heterocycles. The maximum absolute atomic E-state index is 13.0. The number of H-pyrrole nitrogens is 1. The summed E-state index contributed by atoms with van der Waals surface area (Å²) in [4.78, 5) is 18.1. The van der Waals surface area contributed by atoms with Crippen LogP contribution >= 0.6 is 0 Å². The number of fused-ring (bicyclic) bond motifs is 1. The fraction of sp³-hybridized carbons (Fsp3) is 0.227. The van der Waals surface area contributed by atoms with Crippen molar-refractivity contribution in [2.24, 2.45) is 0 Å². The van der Waals surface area contributed by atoms with Crippen LogP contribution in [0.2, 0.25) is 0 Å². The minimum atomic E-state index is 0.00562. The van der Waals surface area contributed by atoms with Crippen LogP contribution < -0.4 is 4.74 Å². The van der Waals surface area contributed by atoms with E-state index in [2.05, 4.69) is 15.3 Å². The van der Waals surface area contributed by atoms with Gasteiger partial charge in [0.15, 0.2) is 0 Å². The lowest BCUT2D eigenvalue weighted by molar-refractivity contribution is 0.0782. The molecule has 1 atom stereocenters. The standard InChI is InChI=1S/C22H21N5O2/c1-29-18-8-7-16-11-20(23-19(16)12-18)22(28)26-10-9-17(13-26)27-14-21(24-25-27)15-5-3-2-4-6-15/h2-8,11-12,14,17,23H,9-10,13H2,1H3. The molecule has 0 spiro atoms. The molecule has 3 heterocycles. The summed E-state index contributed by atoms with van der Waals surface area (Å²) in [6, 6.07) is 17.8. The first-order chi connectivity index (χ1) is 14.2. The molecule has 1 aliphatic rings. The molecule has 0 saturated carbocycles. The van der Waals surface area contributed by atoms with Crippen molar-refractivity contribution in [3.8, 4) is 17.0 Å². The van der Waals surface area contributed by atoms with Gasteiger partial charge in [0.05, 0.1) is 19.3 Å². The van der Waals surface area contributed by atoms with E-state index in [0.29, 0.717) is 18.8 Å². The highest BCUT2D eigenvalue weighted by Crippen LogP contribution is 2.26. The van der Waals surface area contributed by atoms with Crippen LogP contribution in [-0.4, -0.2) is 51.0 Å². The molecule has 7 heteroatoms. The molecule has 4 aromatic rings. The van der Waals surface area contributed by atoms with Crippen molar-refractivity contribution in [3.05, 3.63) is 66.5 Å². The van der Waals surface area contributed by atoms with Crippen molar-refractivity contribution in [1.82, 2.24) is 24.9 Å². The fourth-order valence-electron chi connectivity index (χ4n) is 3.86. The molecule has 2 aromatic carbocycles. The Morgan fingerprint density at radius 2 is 2.03 bits per heavy atom. The number of carbonyl (C=O) groups excluding carboxylic acids is 1. The Labute approximate surface area is 167 Å². The van der Waals surface area contributed by atoms with Gasteiger partial charge in [-0.25, -0.2) is 4.68 Å². The van der Waals surface area contributed by atoms with Crippen molar-refractivity contribution < 1.29 is 9.53 Å². The first-order valence-electron chi connectivity index (χ1n) is 9.64. The average molecular weight is 387 g/mol. The molecule has 29 heavy (non-hydrogen) atoms. The average Bonchev–Trinajstić information content (AvgIpc) is 3.52. The molecule has 1 unspecified atom stereocenters. The number of hydrogen-bond acceptors (Lipinski definition) is 4. The lowest BCUT2D eigenvalue weighted by Crippen LogP contribution is -2.29. The summed E-state index contributed by atoms with van der Waals surface area (Å²) >= 11 is 0. The molecule has 5 rings (SSSR count). The number of benzene rings is 2. The van der Waals surface area contributed by atoms with Crippen LogP contribution in [0.3, 0.4) is 0 Å². The van der Waals surface area contributed by atoms with Crippen molar-refractivity contribution in [1.29, 1.82) is 0 Å². The predicted octanol–water partition coefficient (Wildman–Crippen LogP) is 3.52.